The van der Waals surface area contributed by atoms with Crippen LogP contribution < -0.4 is 10.1 Å². The summed E-state index contributed by atoms with van der Waals surface area (Å²) in [7, 11) is -3.65. The van der Waals surface area contributed by atoms with Crippen LogP contribution in [0.4, 0.5) is 0 Å². The Bertz CT molecular complexity index is 1010. The number of benzene rings is 2. The van der Waals surface area contributed by atoms with E-state index in [1.807, 2.05) is 31.2 Å². The molecule has 1 amide bonds. The topological polar surface area (TPSA) is 84.9 Å². The molecule has 3 rings (SSSR count). The second-order valence-electron chi connectivity index (χ2n) is 6.74. The molecule has 0 aliphatic carbocycles. The summed E-state index contributed by atoms with van der Waals surface area (Å²) in [6.07, 6.45) is 0. The number of sulfonamides is 1. The van der Waals surface area contributed by atoms with E-state index in [0.717, 1.165) is 10.0 Å². The number of hydrogen-bond donors (Lipinski definition) is 1. The van der Waals surface area contributed by atoms with Gasteiger partial charge in [0.25, 0.3) is 5.91 Å². The van der Waals surface area contributed by atoms with E-state index in [1.165, 1.54) is 22.5 Å². The summed E-state index contributed by atoms with van der Waals surface area (Å²) >= 11 is 9.61. The molecule has 1 saturated heterocycles. The normalized spacial score (nSPS) is 16.1. The van der Waals surface area contributed by atoms with Crippen molar-refractivity contribution >= 4 is 43.5 Å². The molecule has 1 fully saturated rings. The number of nitrogens with zero attached hydrogens (tertiary/aromatic N) is 1. The Kier molecular flexibility index (Phi) is 7.75. The Morgan fingerprint density at radius 1 is 1.27 bits per heavy atom. The van der Waals surface area contributed by atoms with Gasteiger partial charge in [-0.05, 0) is 42.8 Å². The van der Waals surface area contributed by atoms with Crippen LogP contribution >= 0.6 is 27.5 Å². The summed E-state index contributed by atoms with van der Waals surface area (Å²) in [5, 5.41) is 2.97. The minimum Gasteiger partial charge on any atom is -0.482 e. The first-order chi connectivity index (χ1) is 14.3. The zero-order valence-corrected chi connectivity index (χ0v) is 19.5. The molecule has 30 heavy (non-hydrogen) atoms. The highest BCUT2D eigenvalue weighted by molar-refractivity contribution is 9.10. The maximum Gasteiger partial charge on any atom is 0.258 e. The van der Waals surface area contributed by atoms with Gasteiger partial charge < -0.3 is 14.8 Å². The fraction of sp³-hybridized carbons (Fsp3) is 0.350. The summed E-state index contributed by atoms with van der Waals surface area (Å²) in [4.78, 5) is 12.3. The largest absolute Gasteiger partial charge is 0.482 e. The van der Waals surface area contributed by atoms with Crippen molar-refractivity contribution in [2.45, 2.75) is 17.9 Å². The average molecular weight is 518 g/mol. The van der Waals surface area contributed by atoms with Crippen LogP contribution in [0.2, 0.25) is 5.02 Å². The molecule has 162 valence electrons. The molecule has 0 saturated carbocycles. The first-order valence-corrected chi connectivity index (χ1v) is 11.9. The predicted octanol–water partition coefficient (Wildman–Crippen LogP) is 3.38. The van der Waals surface area contributed by atoms with E-state index in [2.05, 4.69) is 21.2 Å². The van der Waals surface area contributed by atoms with Crippen LogP contribution in [0, 0.1) is 0 Å². The van der Waals surface area contributed by atoms with E-state index < -0.39 is 10.0 Å². The lowest BCUT2D eigenvalue weighted by Crippen LogP contribution is -2.40. The number of hydrogen-bond acceptors (Lipinski definition) is 5. The van der Waals surface area contributed by atoms with E-state index in [-0.39, 0.29) is 34.2 Å². The van der Waals surface area contributed by atoms with Crippen molar-refractivity contribution in [2.75, 3.05) is 32.9 Å². The van der Waals surface area contributed by atoms with Gasteiger partial charge in [-0.1, -0.05) is 39.7 Å². The predicted molar refractivity (Wildman–Crippen MR) is 117 cm³/mol. The Morgan fingerprint density at radius 2 is 2.00 bits per heavy atom. The van der Waals surface area contributed by atoms with Crippen LogP contribution in [0.5, 0.6) is 5.75 Å². The third-order valence-electron chi connectivity index (χ3n) is 4.60. The van der Waals surface area contributed by atoms with Gasteiger partial charge in [0.2, 0.25) is 10.0 Å². The fourth-order valence-electron chi connectivity index (χ4n) is 2.98. The molecule has 2 aromatic rings. The number of carbonyl (C=O) groups excluding carboxylic acids is 1. The molecule has 1 aliphatic rings. The minimum absolute atomic E-state index is 0.0782. The van der Waals surface area contributed by atoms with Crippen molar-refractivity contribution in [1.82, 2.24) is 9.62 Å². The molecule has 10 heteroatoms. The van der Waals surface area contributed by atoms with E-state index in [4.69, 9.17) is 21.1 Å². The van der Waals surface area contributed by atoms with Gasteiger partial charge in [0.05, 0.1) is 29.2 Å². The van der Waals surface area contributed by atoms with Crippen molar-refractivity contribution in [1.29, 1.82) is 0 Å². The third kappa shape index (κ3) is 5.73. The van der Waals surface area contributed by atoms with Gasteiger partial charge >= 0.3 is 0 Å². The van der Waals surface area contributed by atoms with E-state index in [0.29, 0.717) is 26.3 Å². The first-order valence-electron chi connectivity index (χ1n) is 9.32. The number of amides is 1. The Morgan fingerprint density at radius 3 is 2.67 bits per heavy atom. The zero-order valence-electron chi connectivity index (χ0n) is 16.3. The average Bonchev–Trinajstić information content (AvgIpc) is 2.73. The minimum atomic E-state index is -3.65. The Hall–Kier alpha value is -1.65. The molecule has 7 nitrogen and oxygen atoms in total. The zero-order chi connectivity index (χ0) is 21.7. The molecule has 0 bridgehead atoms. The lowest BCUT2D eigenvalue weighted by molar-refractivity contribution is -0.123. The summed E-state index contributed by atoms with van der Waals surface area (Å²) in [5.41, 5.74) is 0.952. The first kappa shape index (κ1) is 23.0. The van der Waals surface area contributed by atoms with Gasteiger partial charge in [-0.2, -0.15) is 4.31 Å². The van der Waals surface area contributed by atoms with Crippen molar-refractivity contribution in [3.05, 3.63) is 57.5 Å². The van der Waals surface area contributed by atoms with Crippen molar-refractivity contribution in [2.24, 2.45) is 0 Å². The molecule has 1 unspecified atom stereocenters. The molecule has 0 spiro atoms. The SMILES string of the molecule is CC(NC(=O)COc1ccc(S(=O)(=O)N2CCOCC2)cc1Cl)c1cccc(Br)c1. The maximum absolute atomic E-state index is 12.7. The molecular formula is C20H22BrClN2O5S. The summed E-state index contributed by atoms with van der Waals surface area (Å²) in [5.74, 6) is -0.0774. The number of ether oxygens (including phenoxy) is 2. The second-order valence-corrected chi connectivity index (χ2v) is 10.0. The second kappa shape index (κ2) is 10.1. The Labute approximate surface area is 189 Å². The number of rotatable bonds is 7. The van der Waals surface area contributed by atoms with Crippen LogP contribution in [0.1, 0.15) is 18.5 Å². The van der Waals surface area contributed by atoms with E-state index in [9.17, 15) is 13.2 Å². The molecule has 1 heterocycles. The van der Waals surface area contributed by atoms with E-state index >= 15 is 0 Å². The molecular weight excluding hydrogens is 496 g/mol. The van der Waals surface area contributed by atoms with Crippen molar-refractivity contribution in [3.8, 4) is 5.75 Å². The van der Waals surface area contributed by atoms with Gasteiger partial charge in [-0.3, -0.25) is 4.79 Å². The monoisotopic (exact) mass is 516 g/mol. The standard InChI is InChI=1S/C20H22BrClN2O5S/c1-14(15-3-2-4-16(21)11-15)23-20(25)13-29-19-6-5-17(12-18(19)22)30(26,27)24-7-9-28-10-8-24/h2-6,11-12,14H,7-10,13H2,1H3,(H,23,25). The Balaban J connectivity index is 1.60. The summed E-state index contributed by atoms with van der Waals surface area (Å²) < 4.78 is 38.4. The van der Waals surface area contributed by atoms with Crippen LogP contribution in [-0.2, 0) is 19.6 Å². The number of morpholine rings is 1. The van der Waals surface area contributed by atoms with Crippen LogP contribution in [-0.4, -0.2) is 51.5 Å². The van der Waals surface area contributed by atoms with Gasteiger partial charge in [0.1, 0.15) is 5.75 Å². The quantitative estimate of drug-likeness (QED) is 0.609. The van der Waals surface area contributed by atoms with Crippen LogP contribution in [0.25, 0.3) is 0 Å². The highest BCUT2D eigenvalue weighted by atomic mass is 79.9. The molecule has 0 radical (unpaired) electrons. The smallest absolute Gasteiger partial charge is 0.258 e. The number of halogens is 2. The lowest BCUT2D eigenvalue weighted by Gasteiger charge is -2.26. The summed E-state index contributed by atoms with van der Waals surface area (Å²) in [6, 6.07) is 11.7. The molecule has 0 aromatic heterocycles. The molecule has 2 aromatic carbocycles. The fourth-order valence-corrected chi connectivity index (χ4v) is 5.13. The molecule has 1 atom stereocenters. The van der Waals surface area contributed by atoms with Crippen LogP contribution in [0.3, 0.4) is 0 Å². The lowest BCUT2D eigenvalue weighted by atomic mass is 10.1. The van der Waals surface area contributed by atoms with Gasteiger partial charge in [0, 0.05) is 17.6 Å². The van der Waals surface area contributed by atoms with Crippen molar-refractivity contribution < 1.29 is 22.7 Å². The highest BCUT2D eigenvalue weighted by Crippen LogP contribution is 2.29. The number of carbonyl (C=O) groups is 1. The van der Waals surface area contributed by atoms with Gasteiger partial charge in [0.15, 0.2) is 6.61 Å². The van der Waals surface area contributed by atoms with Crippen molar-refractivity contribution in [3.63, 3.8) is 0 Å². The molecule has 1 N–H and O–H groups in total. The van der Waals surface area contributed by atoms with Gasteiger partial charge in [-0.25, -0.2) is 8.42 Å². The maximum atomic E-state index is 12.7. The van der Waals surface area contributed by atoms with E-state index in [1.54, 1.807) is 0 Å². The summed E-state index contributed by atoms with van der Waals surface area (Å²) in [6.45, 7) is 2.96. The number of nitrogens with one attached hydrogen (secondary N) is 1. The van der Waals surface area contributed by atoms with Gasteiger partial charge in [-0.15, -0.1) is 0 Å². The van der Waals surface area contributed by atoms with Crippen LogP contribution in [0.15, 0.2) is 51.8 Å². The third-order valence-corrected chi connectivity index (χ3v) is 7.28. The highest BCUT2D eigenvalue weighted by Gasteiger charge is 2.27. The molecule has 1 aliphatic heterocycles.